The minimum absolute atomic E-state index is 0. The van der Waals surface area contributed by atoms with Gasteiger partial charge >= 0.3 is 0 Å². The van der Waals surface area contributed by atoms with E-state index in [-0.39, 0.29) is 25.2 Å². The van der Waals surface area contributed by atoms with E-state index < -0.39 is 0 Å². The first-order chi connectivity index (χ1) is 7.72. The fourth-order valence-electron chi connectivity index (χ4n) is 1.71. The molecule has 0 fully saturated rings. The largest absolute Gasteiger partial charge is 0.454 e. The molecule has 4 N–H and O–H groups in total. The highest BCUT2D eigenvalue weighted by atomic mass is 79.9. The molecule has 1 atom stereocenters. The van der Waals surface area contributed by atoms with E-state index >= 15 is 0 Å². The average molecular weight is 324 g/mol. The molecule has 17 heavy (non-hydrogen) atoms. The molecule has 0 aromatic heterocycles. The molecule has 0 bridgehead atoms. The van der Waals surface area contributed by atoms with Gasteiger partial charge in [0.25, 0.3) is 0 Å². The van der Waals surface area contributed by atoms with Crippen LogP contribution in [0.2, 0.25) is 0 Å². The highest BCUT2D eigenvalue weighted by Gasteiger charge is 2.19. The second-order valence-electron chi connectivity index (χ2n) is 3.76. The van der Waals surface area contributed by atoms with Crippen LogP contribution < -0.4 is 20.9 Å². The van der Waals surface area contributed by atoms with E-state index in [1.165, 1.54) is 0 Å². The van der Waals surface area contributed by atoms with Crippen LogP contribution >= 0.6 is 28.3 Å². The Morgan fingerprint density at radius 2 is 1.94 bits per heavy atom. The predicted molar refractivity (Wildman–Crippen MR) is 72.7 cm³/mol. The van der Waals surface area contributed by atoms with Gasteiger partial charge in [0.05, 0.1) is 0 Å². The van der Waals surface area contributed by atoms with Crippen molar-refractivity contribution in [1.29, 1.82) is 0 Å². The van der Waals surface area contributed by atoms with E-state index in [2.05, 4.69) is 15.9 Å². The lowest BCUT2D eigenvalue weighted by Crippen LogP contribution is -2.13. The third-order valence-corrected chi connectivity index (χ3v) is 3.30. The Morgan fingerprint density at radius 1 is 1.29 bits per heavy atom. The van der Waals surface area contributed by atoms with Gasteiger partial charge in [-0.1, -0.05) is 15.9 Å². The number of nitrogens with two attached hydrogens (primary N) is 2. The molecule has 0 saturated heterocycles. The van der Waals surface area contributed by atoms with Crippen LogP contribution in [0.3, 0.4) is 0 Å². The lowest BCUT2D eigenvalue weighted by molar-refractivity contribution is 0.174. The Labute approximate surface area is 115 Å². The van der Waals surface area contributed by atoms with Crippen molar-refractivity contribution in [1.82, 2.24) is 0 Å². The summed E-state index contributed by atoms with van der Waals surface area (Å²) in [5.41, 5.74) is 12.6. The van der Waals surface area contributed by atoms with Gasteiger partial charge in [-0.25, -0.2) is 0 Å². The van der Waals surface area contributed by atoms with Crippen LogP contribution in [0.25, 0.3) is 0 Å². The Balaban J connectivity index is 0.00000144. The van der Waals surface area contributed by atoms with Gasteiger partial charge in [0.15, 0.2) is 11.5 Å². The zero-order valence-electron chi connectivity index (χ0n) is 9.32. The summed E-state index contributed by atoms with van der Waals surface area (Å²) in [7, 11) is 0. The average Bonchev–Trinajstić information content (AvgIpc) is 2.71. The zero-order chi connectivity index (χ0) is 11.5. The number of rotatable bonds is 4. The van der Waals surface area contributed by atoms with Crippen molar-refractivity contribution in [2.45, 2.75) is 18.9 Å². The number of fused-ring (bicyclic) bond motifs is 1. The van der Waals surface area contributed by atoms with E-state index in [1.54, 1.807) is 0 Å². The number of halogens is 2. The molecule has 0 radical (unpaired) electrons. The quantitative estimate of drug-likeness (QED) is 0.892. The van der Waals surface area contributed by atoms with Crippen molar-refractivity contribution in [3.8, 4) is 11.5 Å². The molecule has 96 valence electrons. The molecule has 0 aliphatic carbocycles. The summed E-state index contributed by atoms with van der Waals surface area (Å²) >= 11 is 3.50. The fourth-order valence-corrected chi connectivity index (χ4v) is 2.33. The van der Waals surface area contributed by atoms with Crippen molar-refractivity contribution in [2.24, 2.45) is 11.5 Å². The molecule has 0 saturated carbocycles. The number of hydrogen-bond donors (Lipinski definition) is 2. The summed E-state index contributed by atoms with van der Waals surface area (Å²) in [6, 6.07) is 3.82. The van der Waals surface area contributed by atoms with Gasteiger partial charge in [-0.15, -0.1) is 12.4 Å². The molecule has 0 amide bonds. The summed E-state index contributed by atoms with van der Waals surface area (Å²) < 4.78 is 11.6. The Kier molecular flexibility index (Phi) is 5.52. The number of benzene rings is 1. The highest BCUT2D eigenvalue weighted by Crippen LogP contribution is 2.39. The van der Waals surface area contributed by atoms with E-state index in [9.17, 15) is 0 Å². The van der Waals surface area contributed by atoms with E-state index in [1.807, 2.05) is 12.1 Å². The molecule has 1 heterocycles. The minimum Gasteiger partial charge on any atom is -0.454 e. The molecule has 1 aliphatic rings. The lowest BCUT2D eigenvalue weighted by atomic mass is 10.0. The molecular formula is C11H16BrClN2O2. The standard InChI is InChI=1S/C11H15BrN2O2.ClH/c12-8-5-11-10(15-6-16-11)4-7(8)9(14)2-1-3-13;/h4-5,9H,1-3,6,13-14H2;1H/t9-;/m0./s1. The predicted octanol–water partition coefficient (Wildman–Crippen LogP) is 2.34. The summed E-state index contributed by atoms with van der Waals surface area (Å²) in [5, 5.41) is 0. The summed E-state index contributed by atoms with van der Waals surface area (Å²) in [6.07, 6.45) is 1.79. The molecule has 0 spiro atoms. The molecular weight excluding hydrogens is 307 g/mol. The maximum absolute atomic E-state index is 6.09. The van der Waals surface area contributed by atoms with E-state index in [0.717, 1.165) is 34.4 Å². The molecule has 2 rings (SSSR count). The number of hydrogen-bond acceptors (Lipinski definition) is 4. The summed E-state index contributed by atoms with van der Waals surface area (Å²) in [5.74, 6) is 1.53. The summed E-state index contributed by atoms with van der Waals surface area (Å²) in [6.45, 7) is 0.944. The zero-order valence-corrected chi connectivity index (χ0v) is 11.7. The van der Waals surface area contributed by atoms with Crippen molar-refractivity contribution in [2.75, 3.05) is 13.3 Å². The van der Waals surface area contributed by atoms with Crippen molar-refractivity contribution < 1.29 is 9.47 Å². The Bertz CT molecular complexity index is 390. The third-order valence-electron chi connectivity index (χ3n) is 2.61. The Morgan fingerprint density at radius 3 is 2.59 bits per heavy atom. The fraction of sp³-hybridized carbons (Fsp3) is 0.455. The maximum Gasteiger partial charge on any atom is 0.231 e. The normalized spacial score (nSPS) is 14.3. The van der Waals surface area contributed by atoms with Gasteiger partial charge in [-0.2, -0.15) is 0 Å². The van der Waals surface area contributed by atoms with Crippen LogP contribution in [0, 0.1) is 0 Å². The molecule has 1 aliphatic heterocycles. The molecule has 1 aromatic rings. The summed E-state index contributed by atoms with van der Waals surface area (Å²) in [4.78, 5) is 0. The van der Waals surface area contributed by atoms with Crippen LogP contribution in [0.4, 0.5) is 0 Å². The van der Waals surface area contributed by atoms with Gasteiger partial charge in [0.2, 0.25) is 6.79 Å². The van der Waals surface area contributed by atoms with Gasteiger partial charge in [0.1, 0.15) is 0 Å². The van der Waals surface area contributed by atoms with Crippen molar-refractivity contribution in [3.63, 3.8) is 0 Å². The SMILES string of the molecule is Cl.NCCC[C@H](N)c1cc2c(cc1Br)OCO2. The molecule has 6 heteroatoms. The van der Waals surface area contributed by atoms with Crippen LogP contribution in [0.15, 0.2) is 16.6 Å². The van der Waals surface area contributed by atoms with Crippen molar-refractivity contribution in [3.05, 3.63) is 22.2 Å². The lowest BCUT2D eigenvalue weighted by Gasteiger charge is -2.14. The first-order valence-electron chi connectivity index (χ1n) is 5.27. The Hall–Kier alpha value is -0.490. The van der Waals surface area contributed by atoms with Crippen LogP contribution in [-0.4, -0.2) is 13.3 Å². The topological polar surface area (TPSA) is 70.5 Å². The minimum atomic E-state index is -0.0209. The van der Waals surface area contributed by atoms with E-state index in [0.29, 0.717) is 6.54 Å². The van der Waals surface area contributed by atoms with Crippen LogP contribution in [0.5, 0.6) is 11.5 Å². The number of ether oxygens (including phenoxy) is 2. The smallest absolute Gasteiger partial charge is 0.231 e. The maximum atomic E-state index is 6.09. The monoisotopic (exact) mass is 322 g/mol. The van der Waals surface area contributed by atoms with Gasteiger partial charge in [0, 0.05) is 10.5 Å². The van der Waals surface area contributed by atoms with Gasteiger partial charge < -0.3 is 20.9 Å². The second-order valence-corrected chi connectivity index (χ2v) is 4.62. The first-order valence-corrected chi connectivity index (χ1v) is 6.06. The second kappa shape index (κ2) is 6.44. The first kappa shape index (κ1) is 14.6. The molecule has 4 nitrogen and oxygen atoms in total. The van der Waals surface area contributed by atoms with Crippen LogP contribution in [-0.2, 0) is 0 Å². The van der Waals surface area contributed by atoms with Gasteiger partial charge in [-0.05, 0) is 37.1 Å². The van der Waals surface area contributed by atoms with Gasteiger partial charge in [-0.3, -0.25) is 0 Å². The van der Waals surface area contributed by atoms with E-state index in [4.69, 9.17) is 20.9 Å². The molecule has 1 aromatic carbocycles. The van der Waals surface area contributed by atoms with Crippen molar-refractivity contribution >= 4 is 28.3 Å². The molecule has 0 unspecified atom stereocenters. The van der Waals surface area contributed by atoms with Crippen LogP contribution in [0.1, 0.15) is 24.4 Å². The highest BCUT2D eigenvalue weighted by molar-refractivity contribution is 9.10. The third kappa shape index (κ3) is 3.25.